The molecular weight excluding hydrogens is 293 g/mol. The normalized spacial score (nSPS) is 12.6. The maximum absolute atomic E-state index is 12.5. The van der Waals surface area contributed by atoms with Crippen LogP contribution in [0.1, 0.15) is 12.5 Å². The van der Waals surface area contributed by atoms with E-state index in [-0.39, 0.29) is 6.61 Å². The van der Waals surface area contributed by atoms with Gasteiger partial charge in [-0.2, -0.15) is 13.2 Å². The molecule has 21 heavy (non-hydrogen) atoms. The van der Waals surface area contributed by atoms with Crippen molar-refractivity contribution in [2.24, 2.45) is 5.73 Å². The summed E-state index contributed by atoms with van der Waals surface area (Å²) in [6.45, 7) is 1.50. The fourth-order valence-electron chi connectivity index (χ4n) is 1.36. The van der Waals surface area contributed by atoms with Crippen LogP contribution in [0, 0.1) is 0 Å². The lowest BCUT2D eigenvalue weighted by Crippen LogP contribution is -2.43. The molecule has 0 aliphatic heterocycles. The van der Waals surface area contributed by atoms with Gasteiger partial charge in [0.15, 0.2) is 6.04 Å². The highest BCUT2D eigenvalue weighted by Gasteiger charge is 2.32. The van der Waals surface area contributed by atoms with Crippen molar-refractivity contribution in [2.75, 3.05) is 11.9 Å². The molecule has 0 bridgehead atoms. The SMILES string of the molecule is CCOC(=O)C(N)C(=O)Nc1cc(C(F)(F)F)ccc1O. The Morgan fingerprint density at radius 3 is 2.57 bits per heavy atom. The molecule has 1 unspecified atom stereocenters. The number of hydrogen-bond donors (Lipinski definition) is 3. The summed E-state index contributed by atoms with van der Waals surface area (Å²) in [6, 6.07) is 0.245. The molecule has 6 nitrogen and oxygen atoms in total. The van der Waals surface area contributed by atoms with E-state index in [2.05, 4.69) is 4.74 Å². The number of anilines is 1. The first-order chi connectivity index (χ1) is 9.66. The van der Waals surface area contributed by atoms with E-state index in [0.717, 1.165) is 6.07 Å². The molecule has 0 fully saturated rings. The second kappa shape index (κ2) is 6.44. The quantitative estimate of drug-likeness (QED) is 0.441. The lowest BCUT2D eigenvalue weighted by molar-refractivity contribution is -0.147. The van der Waals surface area contributed by atoms with Crippen LogP contribution in [-0.4, -0.2) is 29.6 Å². The number of carbonyl (C=O) groups excluding carboxylic acids is 2. The van der Waals surface area contributed by atoms with Crippen LogP contribution in [0.5, 0.6) is 5.75 Å². The average Bonchev–Trinajstić information content (AvgIpc) is 2.39. The first-order valence-electron chi connectivity index (χ1n) is 5.80. The molecule has 116 valence electrons. The monoisotopic (exact) mass is 306 g/mol. The van der Waals surface area contributed by atoms with Gasteiger partial charge >= 0.3 is 12.1 Å². The van der Waals surface area contributed by atoms with Gasteiger partial charge in [-0.1, -0.05) is 0 Å². The molecule has 1 rings (SSSR count). The molecule has 0 spiro atoms. The summed E-state index contributed by atoms with van der Waals surface area (Å²) < 4.78 is 42.1. The maximum atomic E-state index is 12.5. The standard InChI is InChI=1S/C12H13F3N2O4/c1-2-21-11(20)9(16)10(19)17-7-5-6(12(13,14)15)3-4-8(7)18/h3-5,9,18H,2,16H2,1H3,(H,17,19). The number of amides is 1. The van der Waals surface area contributed by atoms with Crippen LogP contribution in [0.4, 0.5) is 18.9 Å². The molecule has 1 aromatic rings. The molecule has 0 aliphatic rings. The summed E-state index contributed by atoms with van der Waals surface area (Å²) in [7, 11) is 0. The van der Waals surface area contributed by atoms with Gasteiger partial charge in [0.05, 0.1) is 17.9 Å². The number of rotatable bonds is 4. The Morgan fingerprint density at radius 1 is 1.43 bits per heavy atom. The lowest BCUT2D eigenvalue weighted by Gasteiger charge is -2.14. The first-order valence-corrected chi connectivity index (χ1v) is 5.80. The number of ether oxygens (including phenoxy) is 1. The van der Waals surface area contributed by atoms with Crippen molar-refractivity contribution in [3.05, 3.63) is 23.8 Å². The van der Waals surface area contributed by atoms with Gasteiger partial charge in [0.1, 0.15) is 5.75 Å². The number of carbonyl (C=O) groups is 2. The zero-order chi connectivity index (χ0) is 16.2. The Morgan fingerprint density at radius 2 is 2.05 bits per heavy atom. The third-order valence-electron chi connectivity index (χ3n) is 2.40. The fourth-order valence-corrected chi connectivity index (χ4v) is 1.36. The topological polar surface area (TPSA) is 102 Å². The Hall–Kier alpha value is -2.29. The second-order valence-corrected chi connectivity index (χ2v) is 3.95. The second-order valence-electron chi connectivity index (χ2n) is 3.95. The van der Waals surface area contributed by atoms with Gasteiger partial charge in [0.25, 0.3) is 5.91 Å². The number of nitrogens with two attached hydrogens (primary N) is 1. The van der Waals surface area contributed by atoms with Crippen molar-refractivity contribution in [3.63, 3.8) is 0 Å². The van der Waals surface area contributed by atoms with Crippen LogP contribution >= 0.6 is 0 Å². The zero-order valence-corrected chi connectivity index (χ0v) is 10.9. The van der Waals surface area contributed by atoms with Crippen LogP contribution in [0.3, 0.4) is 0 Å². The van der Waals surface area contributed by atoms with Gasteiger partial charge in [-0.3, -0.25) is 4.79 Å². The third kappa shape index (κ3) is 4.35. The number of alkyl halides is 3. The highest BCUT2D eigenvalue weighted by molar-refractivity contribution is 6.08. The van der Waals surface area contributed by atoms with Gasteiger partial charge in [0, 0.05) is 0 Å². The number of phenolic OH excluding ortho intramolecular Hbond substituents is 1. The number of phenols is 1. The molecule has 0 radical (unpaired) electrons. The molecule has 0 aliphatic carbocycles. The Labute approximate surface area is 117 Å². The van der Waals surface area contributed by atoms with Gasteiger partial charge in [-0.05, 0) is 25.1 Å². The first kappa shape index (κ1) is 16.8. The summed E-state index contributed by atoms with van der Waals surface area (Å²) in [5.41, 5.74) is 3.70. The van der Waals surface area contributed by atoms with Crippen molar-refractivity contribution < 1.29 is 32.6 Å². The number of halogens is 3. The van der Waals surface area contributed by atoms with E-state index in [1.54, 1.807) is 0 Å². The highest BCUT2D eigenvalue weighted by Crippen LogP contribution is 2.34. The molecule has 1 aromatic carbocycles. The van der Waals surface area contributed by atoms with Crippen molar-refractivity contribution in [3.8, 4) is 5.75 Å². The largest absolute Gasteiger partial charge is 0.506 e. The summed E-state index contributed by atoms with van der Waals surface area (Å²) in [5.74, 6) is -2.71. The van der Waals surface area contributed by atoms with Crippen LogP contribution in [0.25, 0.3) is 0 Å². The van der Waals surface area contributed by atoms with Gasteiger partial charge in [-0.25, -0.2) is 4.79 Å². The number of aromatic hydroxyl groups is 1. The Bertz CT molecular complexity index is 546. The van der Waals surface area contributed by atoms with Crippen LogP contribution < -0.4 is 11.1 Å². The summed E-state index contributed by atoms with van der Waals surface area (Å²) in [5, 5.41) is 11.4. The van der Waals surface area contributed by atoms with E-state index in [9.17, 15) is 27.9 Å². The predicted octanol–water partition coefficient (Wildman–Crippen LogP) is 1.24. The maximum Gasteiger partial charge on any atom is 0.416 e. The average molecular weight is 306 g/mol. The Balaban J connectivity index is 2.92. The molecule has 1 amide bonds. The number of hydrogen-bond acceptors (Lipinski definition) is 5. The van der Waals surface area contributed by atoms with Crippen LogP contribution in [-0.2, 0) is 20.5 Å². The summed E-state index contributed by atoms with van der Waals surface area (Å²) >= 11 is 0. The van der Waals surface area contributed by atoms with Gasteiger partial charge in [0.2, 0.25) is 0 Å². The smallest absolute Gasteiger partial charge is 0.416 e. The molecule has 0 heterocycles. The minimum Gasteiger partial charge on any atom is -0.506 e. The van der Waals surface area contributed by atoms with Crippen molar-refractivity contribution in [2.45, 2.75) is 19.1 Å². The van der Waals surface area contributed by atoms with E-state index in [1.165, 1.54) is 6.92 Å². The fraction of sp³-hybridized carbons (Fsp3) is 0.333. The minimum absolute atomic E-state index is 0.00534. The van der Waals surface area contributed by atoms with E-state index >= 15 is 0 Å². The van der Waals surface area contributed by atoms with E-state index in [1.807, 2.05) is 5.32 Å². The van der Waals surface area contributed by atoms with Crippen LogP contribution in [0.15, 0.2) is 18.2 Å². The zero-order valence-electron chi connectivity index (χ0n) is 10.9. The van der Waals surface area contributed by atoms with Crippen LogP contribution in [0.2, 0.25) is 0 Å². The minimum atomic E-state index is -4.64. The molecule has 0 saturated carbocycles. The van der Waals surface area contributed by atoms with Gasteiger partial charge in [-0.15, -0.1) is 0 Å². The molecular formula is C12H13F3N2O4. The predicted molar refractivity (Wildman–Crippen MR) is 66.3 cm³/mol. The lowest BCUT2D eigenvalue weighted by atomic mass is 10.1. The highest BCUT2D eigenvalue weighted by atomic mass is 19.4. The molecule has 1 atom stereocenters. The van der Waals surface area contributed by atoms with E-state index in [0.29, 0.717) is 12.1 Å². The van der Waals surface area contributed by atoms with E-state index < -0.39 is 41.1 Å². The summed E-state index contributed by atoms with van der Waals surface area (Å²) in [4.78, 5) is 22.8. The van der Waals surface area contributed by atoms with Gasteiger partial charge < -0.3 is 20.9 Å². The molecule has 0 saturated heterocycles. The van der Waals surface area contributed by atoms with E-state index in [4.69, 9.17) is 5.73 Å². The van der Waals surface area contributed by atoms with Crippen molar-refractivity contribution in [1.29, 1.82) is 0 Å². The Kier molecular flexibility index (Phi) is 5.14. The number of esters is 1. The molecule has 4 N–H and O–H groups in total. The number of nitrogens with one attached hydrogen (secondary N) is 1. The van der Waals surface area contributed by atoms with Crippen molar-refractivity contribution >= 4 is 17.6 Å². The third-order valence-corrected chi connectivity index (χ3v) is 2.40. The number of benzene rings is 1. The van der Waals surface area contributed by atoms with Crippen molar-refractivity contribution in [1.82, 2.24) is 0 Å². The summed E-state index contributed by atoms with van der Waals surface area (Å²) in [6.07, 6.45) is -4.64. The molecule has 0 aromatic heterocycles. The molecule has 9 heteroatoms.